The lowest BCUT2D eigenvalue weighted by Gasteiger charge is -2.24. The van der Waals surface area contributed by atoms with Gasteiger partial charge in [-0.1, -0.05) is 25.9 Å². The van der Waals surface area contributed by atoms with Gasteiger partial charge in [-0.25, -0.2) is 0 Å². The van der Waals surface area contributed by atoms with Gasteiger partial charge in [-0.05, 0) is 25.8 Å². The summed E-state index contributed by atoms with van der Waals surface area (Å²) in [5.74, 6) is 0.0563. The highest BCUT2D eigenvalue weighted by molar-refractivity contribution is 5.00. The molecular formula is C13H22F3N3O. The van der Waals surface area contributed by atoms with Gasteiger partial charge in [-0.15, -0.1) is 0 Å². The van der Waals surface area contributed by atoms with Crippen molar-refractivity contribution in [1.29, 1.82) is 0 Å². The Kier molecular flexibility index (Phi) is 5.98. The first-order chi connectivity index (χ1) is 9.24. The van der Waals surface area contributed by atoms with Gasteiger partial charge in [0.15, 0.2) is 5.82 Å². The van der Waals surface area contributed by atoms with E-state index in [9.17, 15) is 13.2 Å². The molecule has 1 heterocycles. The lowest BCUT2D eigenvalue weighted by molar-refractivity contribution is -0.128. The summed E-state index contributed by atoms with van der Waals surface area (Å²) in [4.78, 5) is 3.91. The third-order valence-electron chi connectivity index (χ3n) is 3.10. The van der Waals surface area contributed by atoms with Crippen LogP contribution >= 0.6 is 0 Å². The fraction of sp³-hybridized carbons (Fsp3) is 0.846. The molecule has 4 nitrogen and oxygen atoms in total. The van der Waals surface area contributed by atoms with E-state index in [1.165, 1.54) is 0 Å². The van der Waals surface area contributed by atoms with Gasteiger partial charge in [0.05, 0.1) is 5.92 Å². The first-order valence-corrected chi connectivity index (χ1v) is 6.87. The summed E-state index contributed by atoms with van der Waals surface area (Å²) >= 11 is 0. The quantitative estimate of drug-likeness (QED) is 0.838. The van der Waals surface area contributed by atoms with Crippen LogP contribution in [-0.2, 0) is 6.42 Å². The molecule has 2 unspecified atom stereocenters. The SMILES string of the molecule is CCCNC(C)C(c1nc(CC(F)(F)F)no1)C(C)C. The Labute approximate surface area is 117 Å². The van der Waals surface area contributed by atoms with Crippen LogP contribution in [0.1, 0.15) is 51.7 Å². The van der Waals surface area contributed by atoms with Gasteiger partial charge in [0.25, 0.3) is 0 Å². The molecule has 2 atom stereocenters. The van der Waals surface area contributed by atoms with Crippen molar-refractivity contribution >= 4 is 0 Å². The molecule has 1 rings (SSSR count). The molecule has 0 radical (unpaired) electrons. The van der Waals surface area contributed by atoms with Crippen LogP contribution in [0, 0.1) is 5.92 Å². The maximum Gasteiger partial charge on any atom is 0.396 e. The molecular weight excluding hydrogens is 271 g/mol. The average Bonchev–Trinajstić information content (AvgIpc) is 2.71. The molecule has 0 aliphatic heterocycles. The van der Waals surface area contributed by atoms with Crippen LogP contribution < -0.4 is 5.32 Å². The van der Waals surface area contributed by atoms with Gasteiger partial charge in [0, 0.05) is 6.04 Å². The van der Waals surface area contributed by atoms with E-state index in [1.54, 1.807) is 0 Å². The van der Waals surface area contributed by atoms with Gasteiger partial charge in [0.2, 0.25) is 5.89 Å². The number of rotatable bonds is 7. The van der Waals surface area contributed by atoms with E-state index in [0.29, 0.717) is 0 Å². The summed E-state index contributed by atoms with van der Waals surface area (Å²) in [6.07, 6.45) is -4.49. The third kappa shape index (κ3) is 5.11. The third-order valence-corrected chi connectivity index (χ3v) is 3.10. The monoisotopic (exact) mass is 293 g/mol. The second-order valence-corrected chi connectivity index (χ2v) is 5.35. The Hall–Kier alpha value is -1.11. The summed E-state index contributed by atoms with van der Waals surface area (Å²) in [5.41, 5.74) is 0. The minimum atomic E-state index is -4.32. The van der Waals surface area contributed by atoms with E-state index in [0.717, 1.165) is 13.0 Å². The molecule has 7 heteroatoms. The fourth-order valence-corrected chi connectivity index (χ4v) is 2.23. The van der Waals surface area contributed by atoms with Crippen LogP contribution in [-0.4, -0.2) is 28.9 Å². The van der Waals surface area contributed by atoms with Crippen LogP contribution in [0.2, 0.25) is 0 Å². The van der Waals surface area contributed by atoms with Crippen molar-refractivity contribution < 1.29 is 17.7 Å². The van der Waals surface area contributed by atoms with Crippen molar-refractivity contribution in [1.82, 2.24) is 15.5 Å². The lowest BCUT2D eigenvalue weighted by Crippen LogP contribution is -2.35. The number of nitrogens with one attached hydrogen (secondary N) is 1. The molecule has 0 aromatic carbocycles. The molecule has 116 valence electrons. The van der Waals surface area contributed by atoms with Gasteiger partial charge >= 0.3 is 6.18 Å². The highest BCUT2D eigenvalue weighted by Crippen LogP contribution is 2.28. The number of alkyl halides is 3. The van der Waals surface area contributed by atoms with Crippen LogP contribution in [0.15, 0.2) is 4.52 Å². The second-order valence-electron chi connectivity index (χ2n) is 5.35. The van der Waals surface area contributed by atoms with E-state index in [1.807, 2.05) is 20.8 Å². The number of hydrogen-bond donors (Lipinski definition) is 1. The van der Waals surface area contributed by atoms with Gasteiger partial charge in [-0.2, -0.15) is 18.2 Å². The molecule has 20 heavy (non-hydrogen) atoms. The molecule has 1 aromatic heterocycles. The average molecular weight is 293 g/mol. The van der Waals surface area contributed by atoms with E-state index >= 15 is 0 Å². The van der Waals surface area contributed by atoms with Crippen LogP contribution in [0.5, 0.6) is 0 Å². The molecule has 1 N–H and O–H groups in total. The van der Waals surface area contributed by atoms with Gasteiger partial charge in [0.1, 0.15) is 6.42 Å². The predicted octanol–water partition coefficient (Wildman–Crippen LogP) is 3.30. The Morgan fingerprint density at radius 3 is 2.40 bits per heavy atom. The minimum absolute atomic E-state index is 0.0640. The maximum atomic E-state index is 12.3. The van der Waals surface area contributed by atoms with E-state index in [-0.39, 0.29) is 29.6 Å². The summed E-state index contributed by atoms with van der Waals surface area (Å²) in [6, 6.07) is 0.0640. The molecule has 0 saturated heterocycles. The highest BCUT2D eigenvalue weighted by atomic mass is 19.4. The largest absolute Gasteiger partial charge is 0.396 e. The molecule has 0 bridgehead atoms. The zero-order chi connectivity index (χ0) is 15.3. The summed E-state index contributed by atoms with van der Waals surface area (Å²) in [6.45, 7) is 8.85. The summed E-state index contributed by atoms with van der Waals surface area (Å²) in [7, 11) is 0. The van der Waals surface area contributed by atoms with Crippen LogP contribution in [0.4, 0.5) is 13.2 Å². The smallest absolute Gasteiger partial charge is 0.339 e. The highest BCUT2D eigenvalue weighted by Gasteiger charge is 2.33. The van der Waals surface area contributed by atoms with Crippen molar-refractivity contribution in [2.75, 3.05) is 6.54 Å². The van der Waals surface area contributed by atoms with Crippen molar-refractivity contribution in [3.8, 4) is 0 Å². The van der Waals surface area contributed by atoms with Crippen molar-refractivity contribution in [3.63, 3.8) is 0 Å². The summed E-state index contributed by atoms with van der Waals surface area (Å²) < 4.78 is 41.9. The molecule has 0 amide bonds. The fourth-order valence-electron chi connectivity index (χ4n) is 2.23. The number of nitrogens with zero attached hydrogens (tertiary/aromatic N) is 2. The topological polar surface area (TPSA) is 51.0 Å². The minimum Gasteiger partial charge on any atom is -0.339 e. The van der Waals surface area contributed by atoms with Crippen LogP contribution in [0.3, 0.4) is 0 Å². The Morgan fingerprint density at radius 2 is 1.90 bits per heavy atom. The van der Waals surface area contributed by atoms with Gasteiger partial charge < -0.3 is 9.84 Å². The summed E-state index contributed by atoms with van der Waals surface area (Å²) in [5, 5.41) is 6.75. The molecule has 0 aliphatic rings. The van der Waals surface area contributed by atoms with Crippen molar-refractivity contribution in [2.24, 2.45) is 5.92 Å². The molecule has 0 spiro atoms. The second kappa shape index (κ2) is 7.06. The zero-order valence-corrected chi connectivity index (χ0v) is 12.3. The van der Waals surface area contributed by atoms with E-state index < -0.39 is 12.6 Å². The number of aromatic nitrogens is 2. The first kappa shape index (κ1) is 16.9. The lowest BCUT2D eigenvalue weighted by atomic mass is 9.89. The molecule has 1 aromatic rings. The van der Waals surface area contributed by atoms with Crippen molar-refractivity contribution in [3.05, 3.63) is 11.7 Å². The van der Waals surface area contributed by atoms with E-state index in [4.69, 9.17) is 4.52 Å². The zero-order valence-electron chi connectivity index (χ0n) is 12.3. The maximum absolute atomic E-state index is 12.3. The standard InChI is InChI=1S/C13H22F3N3O/c1-5-6-17-9(4)11(8(2)3)12-18-10(19-20-12)7-13(14,15)16/h8-9,11,17H,5-7H2,1-4H3. The Balaban J connectivity index is 2.82. The predicted molar refractivity (Wildman–Crippen MR) is 69.4 cm³/mol. The Bertz CT molecular complexity index is 404. The van der Waals surface area contributed by atoms with Gasteiger partial charge in [-0.3, -0.25) is 0 Å². The molecule has 0 aliphatic carbocycles. The normalized spacial score (nSPS) is 15.6. The van der Waals surface area contributed by atoms with Crippen LogP contribution in [0.25, 0.3) is 0 Å². The van der Waals surface area contributed by atoms with E-state index in [2.05, 4.69) is 22.4 Å². The molecule has 0 fully saturated rings. The Morgan fingerprint density at radius 1 is 1.25 bits per heavy atom. The number of halogens is 3. The number of hydrogen-bond acceptors (Lipinski definition) is 4. The van der Waals surface area contributed by atoms with Crippen molar-refractivity contribution in [2.45, 2.75) is 58.7 Å². The molecule has 0 saturated carbocycles. The first-order valence-electron chi connectivity index (χ1n) is 6.87.